The molecule has 1 aliphatic rings. The Labute approximate surface area is 88.9 Å². The molecule has 3 nitrogen and oxygen atoms in total. The van der Waals surface area contributed by atoms with Crippen LogP contribution in [0, 0.1) is 0 Å². The average Bonchev–Trinajstić information content (AvgIpc) is 2.23. The smallest absolute Gasteiger partial charge is 0.152 e. The zero-order valence-corrected chi connectivity index (χ0v) is 8.72. The summed E-state index contributed by atoms with van der Waals surface area (Å²) < 4.78 is 0. The molecule has 0 radical (unpaired) electrons. The Balaban J connectivity index is 1.99. The highest BCUT2D eigenvalue weighted by Gasteiger charge is 2.13. The predicted octanol–water partition coefficient (Wildman–Crippen LogP) is 1.90. The number of hydrogen-bond acceptors (Lipinski definition) is 3. The van der Waals surface area contributed by atoms with Crippen molar-refractivity contribution in [3.8, 4) is 0 Å². The third-order valence-corrected chi connectivity index (χ3v) is 2.76. The molecule has 76 valence electrons. The van der Waals surface area contributed by atoms with Gasteiger partial charge in [0.15, 0.2) is 5.15 Å². The number of nitrogens with zero attached hydrogens (tertiary/aromatic N) is 1. The maximum Gasteiger partial charge on any atom is 0.152 e. The molecule has 0 bridgehead atoms. The minimum Gasteiger partial charge on any atom is -0.380 e. The standard InChI is InChI=1S/C10H14ClN3/c11-10-9(2-1-5-13-10)14-8-3-6-12-7-4-8/h1-2,5,8,12,14H,3-4,6-7H2. The maximum absolute atomic E-state index is 5.95. The fourth-order valence-electron chi connectivity index (χ4n) is 1.68. The van der Waals surface area contributed by atoms with Crippen molar-refractivity contribution in [1.29, 1.82) is 0 Å². The topological polar surface area (TPSA) is 37.0 Å². The maximum atomic E-state index is 5.95. The second kappa shape index (κ2) is 4.62. The van der Waals surface area contributed by atoms with Crippen LogP contribution in [0.25, 0.3) is 0 Å². The van der Waals surface area contributed by atoms with Crippen molar-refractivity contribution < 1.29 is 0 Å². The van der Waals surface area contributed by atoms with E-state index in [1.807, 2.05) is 12.1 Å². The van der Waals surface area contributed by atoms with E-state index in [0.29, 0.717) is 11.2 Å². The highest BCUT2D eigenvalue weighted by Crippen LogP contribution is 2.20. The number of nitrogens with one attached hydrogen (secondary N) is 2. The van der Waals surface area contributed by atoms with E-state index >= 15 is 0 Å². The van der Waals surface area contributed by atoms with Gasteiger partial charge in [0, 0.05) is 12.2 Å². The van der Waals surface area contributed by atoms with Gasteiger partial charge in [-0.3, -0.25) is 0 Å². The molecule has 1 aromatic heterocycles. The van der Waals surface area contributed by atoms with Gasteiger partial charge in [0.2, 0.25) is 0 Å². The molecule has 2 rings (SSSR count). The summed E-state index contributed by atoms with van der Waals surface area (Å²) >= 11 is 5.95. The van der Waals surface area contributed by atoms with Crippen LogP contribution in [0.15, 0.2) is 18.3 Å². The summed E-state index contributed by atoms with van der Waals surface area (Å²) in [5.41, 5.74) is 0.945. The first-order valence-corrected chi connectivity index (χ1v) is 5.32. The van der Waals surface area contributed by atoms with Crippen LogP contribution in [0.1, 0.15) is 12.8 Å². The van der Waals surface area contributed by atoms with Gasteiger partial charge in [0.05, 0.1) is 5.69 Å². The zero-order valence-electron chi connectivity index (χ0n) is 7.96. The molecule has 0 atom stereocenters. The van der Waals surface area contributed by atoms with Crippen LogP contribution in [0.3, 0.4) is 0 Å². The summed E-state index contributed by atoms with van der Waals surface area (Å²) in [5, 5.41) is 7.30. The molecule has 1 saturated heterocycles. The molecule has 0 amide bonds. The Morgan fingerprint density at radius 3 is 2.93 bits per heavy atom. The summed E-state index contributed by atoms with van der Waals surface area (Å²) in [5.74, 6) is 0. The number of rotatable bonds is 2. The summed E-state index contributed by atoms with van der Waals surface area (Å²) in [7, 11) is 0. The highest BCUT2D eigenvalue weighted by atomic mass is 35.5. The van der Waals surface area contributed by atoms with Gasteiger partial charge in [-0.05, 0) is 38.1 Å². The number of halogens is 1. The van der Waals surface area contributed by atoms with Crippen molar-refractivity contribution in [3.63, 3.8) is 0 Å². The van der Waals surface area contributed by atoms with Crippen LogP contribution >= 0.6 is 11.6 Å². The Hall–Kier alpha value is -0.800. The van der Waals surface area contributed by atoms with Crippen molar-refractivity contribution in [2.45, 2.75) is 18.9 Å². The Kier molecular flexibility index (Phi) is 3.22. The summed E-state index contributed by atoms with van der Waals surface area (Å²) in [6.45, 7) is 2.16. The number of anilines is 1. The molecule has 0 unspecified atom stereocenters. The van der Waals surface area contributed by atoms with Crippen molar-refractivity contribution >= 4 is 17.3 Å². The van der Waals surface area contributed by atoms with Crippen molar-refractivity contribution in [1.82, 2.24) is 10.3 Å². The number of piperidine rings is 1. The molecule has 0 spiro atoms. The minimum atomic E-state index is 0.526. The molecule has 14 heavy (non-hydrogen) atoms. The van der Waals surface area contributed by atoms with Crippen LogP contribution in [0.4, 0.5) is 5.69 Å². The van der Waals surface area contributed by atoms with Crippen LogP contribution in [0.5, 0.6) is 0 Å². The molecule has 0 aromatic carbocycles. The second-order valence-electron chi connectivity index (χ2n) is 3.51. The Morgan fingerprint density at radius 2 is 2.21 bits per heavy atom. The molecule has 2 heterocycles. The first-order chi connectivity index (χ1) is 6.86. The number of aromatic nitrogens is 1. The molecular formula is C10H14ClN3. The number of hydrogen-bond donors (Lipinski definition) is 2. The van der Waals surface area contributed by atoms with Crippen molar-refractivity contribution in [2.75, 3.05) is 18.4 Å². The Bertz CT molecular complexity index is 297. The third kappa shape index (κ3) is 2.36. The van der Waals surface area contributed by atoms with Crippen LogP contribution < -0.4 is 10.6 Å². The molecule has 2 N–H and O–H groups in total. The number of pyridine rings is 1. The van der Waals surface area contributed by atoms with E-state index < -0.39 is 0 Å². The molecular weight excluding hydrogens is 198 g/mol. The van der Waals surface area contributed by atoms with Crippen LogP contribution in [-0.2, 0) is 0 Å². The van der Waals surface area contributed by atoms with Gasteiger partial charge in [0.1, 0.15) is 0 Å². The van der Waals surface area contributed by atoms with Crippen LogP contribution in [0.2, 0.25) is 5.15 Å². The zero-order chi connectivity index (χ0) is 9.80. The Morgan fingerprint density at radius 1 is 1.43 bits per heavy atom. The van der Waals surface area contributed by atoms with Gasteiger partial charge in [0.25, 0.3) is 0 Å². The average molecular weight is 212 g/mol. The largest absolute Gasteiger partial charge is 0.380 e. The SMILES string of the molecule is Clc1ncccc1NC1CCNCC1. The lowest BCUT2D eigenvalue weighted by atomic mass is 10.1. The van der Waals surface area contributed by atoms with E-state index in [-0.39, 0.29) is 0 Å². The van der Waals surface area contributed by atoms with Crippen LogP contribution in [-0.4, -0.2) is 24.1 Å². The van der Waals surface area contributed by atoms with E-state index in [9.17, 15) is 0 Å². The molecule has 0 saturated carbocycles. The quantitative estimate of drug-likeness (QED) is 0.734. The van der Waals surface area contributed by atoms with Gasteiger partial charge in [-0.25, -0.2) is 4.98 Å². The lowest BCUT2D eigenvalue weighted by Crippen LogP contribution is -2.35. The second-order valence-corrected chi connectivity index (χ2v) is 3.87. The molecule has 1 fully saturated rings. The molecule has 1 aliphatic heterocycles. The third-order valence-electron chi connectivity index (χ3n) is 2.46. The fraction of sp³-hybridized carbons (Fsp3) is 0.500. The minimum absolute atomic E-state index is 0.526. The predicted molar refractivity (Wildman–Crippen MR) is 58.8 cm³/mol. The summed E-state index contributed by atoms with van der Waals surface area (Å²) in [6.07, 6.45) is 3.99. The van der Waals surface area contributed by atoms with E-state index in [0.717, 1.165) is 31.6 Å². The van der Waals surface area contributed by atoms with Crippen molar-refractivity contribution in [3.05, 3.63) is 23.5 Å². The van der Waals surface area contributed by atoms with Crippen molar-refractivity contribution in [2.24, 2.45) is 0 Å². The van der Waals surface area contributed by atoms with Gasteiger partial charge >= 0.3 is 0 Å². The van der Waals surface area contributed by atoms with Gasteiger partial charge in [-0.2, -0.15) is 0 Å². The molecule has 0 aliphatic carbocycles. The molecule has 4 heteroatoms. The molecule has 1 aromatic rings. The van der Waals surface area contributed by atoms with E-state index in [1.54, 1.807) is 6.20 Å². The summed E-state index contributed by atoms with van der Waals surface area (Å²) in [6, 6.07) is 4.39. The lowest BCUT2D eigenvalue weighted by molar-refractivity contribution is 0.479. The normalized spacial score (nSPS) is 18.1. The van der Waals surface area contributed by atoms with E-state index in [2.05, 4.69) is 15.6 Å². The lowest BCUT2D eigenvalue weighted by Gasteiger charge is -2.24. The monoisotopic (exact) mass is 211 g/mol. The first-order valence-electron chi connectivity index (χ1n) is 4.94. The first kappa shape index (κ1) is 9.74. The summed E-state index contributed by atoms with van der Waals surface area (Å²) in [4.78, 5) is 4.03. The highest BCUT2D eigenvalue weighted by molar-refractivity contribution is 6.31. The van der Waals surface area contributed by atoms with E-state index in [1.165, 1.54) is 0 Å². The van der Waals surface area contributed by atoms with Gasteiger partial charge in [-0.1, -0.05) is 11.6 Å². The van der Waals surface area contributed by atoms with Gasteiger partial charge in [-0.15, -0.1) is 0 Å². The van der Waals surface area contributed by atoms with E-state index in [4.69, 9.17) is 11.6 Å². The fourth-order valence-corrected chi connectivity index (χ4v) is 1.85. The van der Waals surface area contributed by atoms with Gasteiger partial charge < -0.3 is 10.6 Å².